The molecule has 0 spiro atoms. The zero-order valence-electron chi connectivity index (χ0n) is 9.95. The van der Waals surface area contributed by atoms with E-state index in [0.29, 0.717) is 25.9 Å². The second kappa shape index (κ2) is 6.81. The molecule has 0 radical (unpaired) electrons. The molecule has 0 rings (SSSR count). The lowest BCUT2D eigenvalue weighted by atomic mass is 10.7. The van der Waals surface area contributed by atoms with Gasteiger partial charge in [-0.3, -0.25) is 0 Å². The minimum Gasteiger partial charge on any atom is -0.465 e. The minimum absolute atomic E-state index is 0.362. The van der Waals surface area contributed by atoms with Gasteiger partial charge in [-0.1, -0.05) is 0 Å². The third-order valence-corrected chi connectivity index (χ3v) is 4.78. The van der Waals surface area contributed by atoms with Gasteiger partial charge in [0.05, 0.1) is 6.17 Å². The normalized spacial score (nSPS) is 11.5. The minimum atomic E-state index is -2.35. The molecule has 0 unspecified atom stereocenters. The highest BCUT2D eigenvalue weighted by atomic mass is 28.4. The van der Waals surface area contributed by atoms with E-state index >= 15 is 0 Å². The Morgan fingerprint density at radius 3 is 2.00 bits per heavy atom. The molecule has 0 aliphatic carbocycles. The summed E-state index contributed by atoms with van der Waals surface area (Å²) in [5.74, 6) is 0. The van der Waals surface area contributed by atoms with Crippen LogP contribution in [0.2, 0.25) is 6.55 Å². The molecular formula is C9H21NO4Si. The maximum atomic E-state index is 10.9. The molecule has 5 nitrogen and oxygen atoms in total. The first kappa shape index (κ1) is 14.4. The highest BCUT2D eigenvalue weighted by molar-refractivity contribution is 6.66. The molecule has 1 amide bonds. The van der Waals surface area contributed by atoms with E-state index in [1.165, 1.54) is 4.90 Å². The Kier molecular flexibility index (Phi) is 6.54. The van der Waals surface area contributed by atoms with Gasteiger partial charge in [0.25, 0.3) is 0 Å². The maximum Gasteiger partial charge on any atom is 0.407 e. The van der Waals surface area contributed by atoms with Crippen LogP contribution >= 0.6 is 0 Å². The molecule has 0 fully saturated rings. The monoisotopic (exact) mass is 235 g/mol. The van der Waals surface area contributed by atoms with Gasteiger partial charge >= 0.3 is 14.7 Å². The summed E-state index contributed by atoms with van der Waals surface area (Å²) in [6, 6.07) is 0. The van der Waals surface area contributed by atoms with Crippen LogP contribution in [0.15, 0.2) is 0 Å². The van der Waals surface area contributed by atoms with E-state index in [1.807, 2.05) is 20.4 Å². The molecule has 0 bridgehead atoms. The van der Waals surface area contributed by atoms with Crippen LogP contribution in [0, 0.1) is 0 Å². The van der Waals surface area contributed by atoms with Gasteiger partial charge in [0.15, 0.2) is 0 Å². The van der Waals surface area contributed by atoms with E-state index in [-0.39, 0.29) is 0 Å². The van der Waals surface area contributed by atoms with Crippen molar-refractivity contribution in [2.75, 3.05) is 25.9 Å². The SMILES string of the molecule is CCO[Si](C)(CN(CC)C(=O)O)OCC. The summed E-state index contributed by atoms with van der Waals surface area (Å²) in [4.78, 5) is 12.2. The smallest absolute Gasteiger partial charge is 0.407 e. The second-order valence-electron chi connectivity index (χ2n) is 3.30. The summed E-state index contributed by atoms with van der Waals surface area (Å²) in [7, 11) is -2.35. The maximum absolute atomic E-state index is 10.9. The largest absolute Gasteiger partial charge is 0.465 e. The Bertz CT molecular complexity index is 195. The number of hydrogen-bond acceptors (Lipinski definition) is 3. The molecule has 0 saturated heterocycles. The fourth-order valence-corrected chi connectivity index (χ4v) is 3.94. The predicted octanol–water partition coefficient (Wildman–Crippen LogP) is 1.67. The van der Waals surface area contributed by atoms with E-state index < -0.39 is 14.7 Å². The number of rotatable bonds is 7. The predicted molar refractivity (Wildman–Crippen MR) is 60.1 cm³/mol. The van der Waals surface area contributed by atoms with Crippen molar-refractivity contribution in [2.24, 2.45) is 0 Å². The molecule has 0 aromatic carbocycles. The number of carbonyl (C=O) groups is 1. The van der Waals surface area contributed by atoms with Crippen LogP contribution in [0.5, 0.6) is 0 Å². The van der Waals surface area contributed by atoms with Gasteiger partial charge in [-0.2, -0.15) is 0 Å². The molecule has 15 heavy (non-hydrogen) atoms. The highest BCUT2D eigenvalue weighted by Crippen LogP contribution is 2.09. The molecule has 90 valence electrons. The van der Waals surface area contributed by atoms with E-state index in [4.69, 9.17) is 14.0 Å². The van der Waals surface area contributed by atoms with Crippen LogP contribution in [0.4, 0.5) is 4.79 Å². The van der Waals surface area contributed by atoms with Gasteiger partial charge < -0.3 is 18.9 Å². The Labute approximate surface area is 92.2 Å². The summed E-state index contributed by atoms with van der Waals surface area (Å²) in [5, 5.41) is 8.91. The Hall–Kier alpha value is -0.593. The van der Waals surface area contributed by atoms with Crippen LogP contribution < -0.4 is 0 Å². The molecule has 6 heteroatoms. The third-order valence-electron chi connectivity index (χ3n) is 2.03. The van der Waals surface area contributed by atoms with Gasteiger partial charge in [0.2, 0.25) is 0 Å². The van der Waals surface area contributed by atoms with E-state index in [0.717, 1.165) is 0 Å². The fourth-order valence-electron chi connectivity index (χ4n) is 1.40. The third kappa shape index (κ3) is 5.15. The van der Waals surface area contributed by atoms with Crippen LogP contribution in [0.25, 0.3) is 0 Å². The van der Waals surface area contributed by atoms with Gasteiger partial charge in [-0.15, -0.1) is 0 Å². The summed E-state index contributed by atoms with van der Waals surface area (Å²) < 4.78 is 11.1. The first-order valence-electron chi connectivity index (χ1n) is 5.24. The number of nitrogens with zero attached hydrogens (tertiary/aromatic N) is 1. The quantitative estimate of drug-likeness (QED) is 0.682. The summed E-state index contributed by atoms with van der Waals surface area (Å²) >= 11 is 0. The second-order valence-corrected chi connectivity index (χ2v) is 6.46. The van der Waals surface area contributed by atoms with Crippen molar-refractivity contribution in [2.45, 2.75) is 27.3 Å². The van der Waals surface area contributed by atoms with Crippen molar-refractivity contribution in [3.05, 3.63) is 0 Å². The Morgan fingerprint density at radius 1 is 1.27 bits per heavy atom. The number of carboxylic acid groups (broad SMARTS) is 1. The van der Waals surface area contributed by atoms with Gasteiger partial charge in [0.1, 0.15) is 0 Å². The lowest BCUT2D eigenvalue weighted by molar-refractivity contribution is 0.135. The summed E-state index contributed by atoms with van der Waals surface area (Å²) in [6.07, 6.45) is -0.559. The van der Waals surface area contributed by atoms with Crippen LogP contribution in [0.3, 0.4) is 0 Å². The van der Waals surface area contributed by atoms with E-state index in [1.54, 1.807) is 6.92 Å². The molecule has 0 aliphatic rings. The zero-order valence-corrected chi connectivity index (χ0v) is 10.9. The summed E-state index contributed by atoms with van der Waals surface area (Å²) in [5.41, 5.74) is 0. The van der Waals surface area contributed by atoms with E-state index in [2.05, 4.69) is 0 Å². The average Bonchev–Trinajstić information content (AvgIpc) is 2.14. The van der Waals surface area contributed by atoms with Gasteiger partial charge in [0, 0.05) is 19.8 Å². The Balaban J connectivity index is 4.42. The molecule has 1 N–H and O–H groups in total. The van der Waals surface area contributed by atoms with Crippen molar-refractivity contribution < 1.29 is 18.8 Å². The molecular weight excluding hydrogens is 214 g/mol. The number of amides is 1. The van der Waals surface area contributed by atoms with Crippen molar-refractivity contribution in [1.29, 1.82) is 0 Å². The lowest BCUT2D eigenvalue weighted by Crippen LogP contribution is -2.51. The van der Waals surface area contributed by atoms with Crippen LogP contribution in [-0.2, 0) is 8.85 Å². The molecule has 0 aromatic heterocycles. The molecule has 0 atom stereocenters. The lowest BCUT2D eigenvalue weighted by Gasteiger charge is -2.30. The standard InChI is InChI=1S/C9H21NO4Si/c1-5-10(9(11)12)8-15(4,13-6-2)14-7-3/h5-8H2,1-4H3,(H,11,12). The van der Waals surface area contributed by atoms with Crippen molar-refractivity contribution in [3.63, 3.8) is 0 Å². The van der Waals surface area contributed by atoms with Crippen molar-refractivity contribution in [1.82, 2.24) is 4.90 Å². The fraction of sp³-hybridized carbons (Fsp3) is 0.889. The van der Waals surface area contributed by atoms with Gasteiger partial charge in [-0.25, -0.2) is 4.79 Å². The highest BCUT2D eigenvalue weighted by Gasteiger charge is 2.34. The summed E-state index contributed by atoms with van der Waals surface area (Å²) in [6.45, 7) is 9.05. The topological polar surface area (TPSA) is 59.0 Å². The molecule has 0 aromatic rings. The van der Waals surface area contributed by atoms with Crippen LogP contribution in [0.1, 0.15) is 20.8 Å². The first-order chi connectivity index (χ1) is 6.99. The molecule has 0 heterocycles. The Morgan fingerprint density at radius 2 is 1.73 bits per heavy atom. The van der Waals surface area contributed by atoms with Crippen LogP contribution in [-0.4, -0.2) is 50.6 Å². The first-order valence-corrected chi connectivity index (χ1v) is 7.77. The van der Waals surface area contributed by atoms with Crippen molar-refractivity contribution in [3.8, 4) is 0 Å². The van der Waals surface area contributed by atoms with E-state index in [9.17, 15) is 4.79 Å². The number of hydrogen-bond donors (Lipinski definition) is 1. The molecule has 0 saturated carbocycles. The zero-order chi connectivity index (χ0) is 11.9. The average molecular weight is 235 g/mol. The molecule has 0 aliphatic heterocycles. The van der Waals surface area contributed by atoms with Gasteiger partial charge in [-0.05, 0) is 27.3 Å². The van der Waals surface area contributed by atoms with Crippen molar-refractivity contribution >= 4 is 14.7 Å².